The van der Waals surface area contributed by atoms with Gasteiger partial charge >= 0.3 is 0 Å². The van der Waals surface area contributed by atoms with Gasteiger partial charge in [0.25, 0.3) is 0 Å². The Bertz CT molecular complexity index is 1130. The molecule has 0 spiro atoms. The maximum Gasteiger partial charge on any atom is 0.241 e. The summed E-state index contributed by atoms with van der Waals surface area (Å²) in [5, 5.41) is 8.32. The molecular formula is C27H32N4O2. The van der Waals surface area contributed by atoms with E-state index in [1.165, 1.54) is 0 Å². The Labute approximate surface area is 195 Å². The van der Waals surface area contributed by atoms with Gasteiger partial charge in [-0.25, -0.2) is 0 Å². The number of piperazine rings is 1. The molecule has 172 valence electrons. The number of carbonyl (C=O) groups excluding carboxylic acids is 2. The first-order valence-corrected chi connectivity index (χ1v) is 11.5. The predicted molar refractivity (Wildman–Crippen MR) is 135 cm³/mol. The summed E-state index contributed by atoms with van der Waals surface area (Å²) in [6, 6.07) is 19.8. The number of nitrogens with zero attached hydrogens (tertiary/aromatic N) is 2. The van der Waals surface area contributed by atoms with Gasteiger partial charge in [0.1, 0.15) is 0 Å². The van der Waals surface area contributed by atoms with Crippen LogP contribution in [0.2, 0.25) is 0 Å². The molecule has 3 aromatic carbocycles. The highest BCUT2D eigenvalue weighted by Gasteiger charge is 2.26. The zero-order valence-corrected chi connectivity index (χ0v) is 19.6. The number of nitrogens with one attached hydrogen (secondary N) is 2. The van der Waals surface area contributed by atoms with Gasteiger partial charge in [0.05, 0.1) is 12.6 Å². The second-order valence-electron chi connectivity index (χ2n) is 8.82. The average Bonchev–Trinajstić information content (AvgIpc) is 2.82. The highest BCUT2D eigenvalue weighted by atomic mass is 16.2. The number of aryl methyl sites for hydroxylation is 2. The van der Waals surface area contributed by atoms with Gasteiger partial charge in [0, 0.05) is 42.9 Å². The summed E-state index contributed by atoms with van der Waals surface area (Å²) < 4.78 is 0. The maximum atomic E-state index is 13.0. The first-order chi connectivity index (χ1) is 15.9. The van der Waals surface area contributed by atoms with Gasteiger partial charge < -0.3 is 10.6 Å². The van der Waals surface area contributed by atoms with Gasteiger partial charge in [0.2, 0.25) is 11.8 Å². The minimum absolute atomic E-state index is 0.00240. The van der Waals surface area contributed by atoms with Crippen LogP contribution in [0.15, 0.2) is 60.7 Å². The SMILES string of the molecule is Cc1cccc(C)c1NC(=O)CN1CCN(C(C)C(=O)Nc2cccc3ccccc23)CC1. The number of rotatable bonds is 6. The van der Waals surface area contributed by atoms with Gasteiger partial charge in [-0.1, -0.05) is 54.6 Å². The molecule has 1 saturated heterocycles. The lowest BCUT2D eigenvalue weighted by atomic mass is 10.1. The van der Waals surface area contributed by atoms with Crippen molar-refractivity contribution >= 4 is 34.0 Å². The van der Waals surface area contributed by atoms with Gasteiger partial charge in [0.15, 0.2) is 0 Å². The van der Waals surface area contributed by atoms with Crippen LogP contribution < -0.4 is 10.6 Å². The molecule has 2 N–H and O–H groups in total. The van der Waals surface area contributed by atoms with Crippen LogP contribution in [0, 0.1) is 13.8 Å². The summed E-state index contributed by atoms with van der Waals surface area (Å²) in [5.41, 5.74) is 3.88. The maximum absolute atomic E-state index is 13.0. The Morgan fingerprint density at radius 3 is 2.21 bits per heavy atom. The zero-order valence-electron chi connectivity index (χ0n) is 19.6. The minimum atomic E-state index is -0.241. The van der Waals surface area contributed by atoms with Gasteiger partial charge in [-0.3, -0.25) is 19.4 Å². The van der Waals surface area contributed by atoms with Crippen molar-refractivity contribution in [2.24, 2.45) is 0 Å². The van der Waals surface area contributed by atoms with Crippen molar-refractivity contribution in [3.63, 3.8) is 0 Å². The third kappa shape index (κ3) is 5.41. The molecule has 1 aliphatic heterocycles. The van der Waals surface area contributed by atoms with Crippen LogP contribution >= 0.6 is 0 Å². The molecule has 2 amide bonds. The van der Waals surface area contributed by atoms with Crippen LogP contribution in [0.25, 0.3) is 10.8 Å². The van der Waals surface area contributed by atoms with Crippen LogP contribution in [0.4, 0.5) is 11.4 Å². The molecule has 1 heterocycles. The fraction of sp³-hybridized carbons (Fsp3) is 0.333. The minimum Gasteiger partial charge on any atom is -0.324 e. The molecule has 1 atom stereocenters. The monoisotopic (exact) mass is 444 g/mol. The van der Waals surface area contributed by atoms with Crippen molar-refractivity contribution < 1.29 is 9.59 Å². The lowest BCUT2D eigenvalue weighted by molar-refractivity contribution is -0.122. The zero-order chi connectivity index (χ0) is 23.4. The molecule has 1 fully saturated rings. The summed E-state index contributed by atoms with van der Waals surface area (Å²) in [6.07, 6.45) is 0. The van der Waals surface area contributed by atoms with Crippen LogP contribution in [0.5, 0.6) is 0 Å². The molecule has 0 saturated carbocycles. The van der Waals surface area contributed by atoms with Crippen LogP contribution in [0.3, 0.4) is 0 Å². The smallest absolute Gasteiger partial charge is 0.241 e. The van der Waals surface area contributed by atoms with Crippen molar-refractivity contribution in [3.05, 3.63) is 71.8 Å². The van der Waals surface area contributed by atoms with Crippen LogP contribution in [-0.4, -0.2) is 60.4 Å². The number of para-hydroxylation sites is 1. The Kier molecular flexibility index (Phi) is 7.06. The number of hydrogen-bond donors (Lipinski definition) is 2. The largest absolute Gasteiger partial charge is 0.324 e. The molecule has 6 heteroatoms. The summed E-state index contributed by atoms with van der Waals surface area (Å²) in [4.78, 5) is 29.9. The Hall–Kier alpha value is -3.22. The normalized spacial score (nSPS) is 15.8. The Morgan fingerprint density at radius 1 is 0.848 bits per heavy atom. The van der Waals surface area contributed by atoms with Crippen molar-refractivity contribution in [2.45, 2.75) is 26.8 Å². The number of amides is 2. The number of hydrogen-bond acceptors (Lipinski definition) is 4. The van der Waals surface area contributed by atoms with Gasteiger partial charge in [-0.15, -0.1) is 0 Å². The van der Waals surface area contributed by atoms with Gasteiger partial charge in [-0.05, 0) is 43.4 Å². The van der Waals surface area contributed by atoms with Gasteiger partial charge in [-0.2, -0.15) is 0 Å². The number of carbonyl (C=O) groups is 2. The first-order valence-electron chi connectivity index (χ1n) is 11.5. The van der Waals surface area contributed by atoms with E-state index >= 15 is 0 Å². The molecule has 1 unspecified atom stereocenters. The number of anilines is 2. The van der Waals surface area contributed by atoms with E-state index in [-0.39, 0.29) is 17.9 Å². The van der Waals surface area contributed by atoms with E-state index in [1.807, 2.05) is 81.4 Å². The van der Waals surface area contributed by atoms with E-state index in [1.54, 1.807) is 0 Å². The van der Waals surface area contributed by atoms with Crippen molar-refractivity contribution in [1.82, 2.24) is 9.80 Å². The first kappa shape index (κ1) is 23.0. The quantitative estimate of drug-likeness (QED) is 0.602. The Morgan fingerprint density at radius 2 is 1.48 bits per heavy atom. The second-order valence-corrected chi connectivity index (χ2v) is 8.82. The van der Waals surface area contributed by atoms with E-state index in [4.69, 9.17) is 0 Å². The molecule has 6 nitrogen and oxygen atoms in total. The lowest BCUT2D eigenvalue weighted by Gasteiger charge is -2.37. The predicted octanol–water partition coefficient (Wildman–Crippen LogP) is 4.04. The third-order valence-corrected chi connectivity index (χ3v) is 6.49. The Balaban J connectivity index is 1.29. The molecule has 4 rings (SSSR count). The highest BCUT2D eigenvalue weighted by Crippen LogP contribution is 2.23. The second kappa shape index (κ2) is 10.1. The van der Waals surface area contributed by atoms with E-state index in [9.17, 15) is 9.59 Å². The molecule has 0 radical (unpaired) electrons. The van der Waals surface area contributed by atoms with Crippen LogP contribution in [0.1, 0.15) is 18.1 Å². The number of benzene rings is 3. The van der Waals surface area contributed by atoms with Crippen molar-refractivity contribution in [1.29, 1.82) is 0 Å². The van der Waals surface area contributed by atoms with E-state index in [2.05, 4.69) is 20.4 Å². The summed E-state index contributed by atoms with van der Waals surface area (Å²) >= 11 is 0. The van der Waals surface area contributed by atoms with Crippen molar-refractivity contribution in [2.75, 3.05) is 43.4 Å². The highest BCUT2D eigenvalue weighted by molar-refractivity contribution is 6.03. The van der Waals surface area contributed by atoms with Crippen molar-refractivity contribution in [3.8, 4) is 0 Å². The standard InChI is InChI=1S/C27H32N4O2/c1-19-8-6-9-20(2)26(19)29-25(32)18-30-14-16-31(17-15-30)21(3)27(33)28-24-13-7-11-22-10-4-5-12-23(22)24/h4-13,21H,14-18H2,1-3H3,(H,28,33)(H,29,32). The molecular weight excluding hydrogens is 412 g/mol. The third-order valence-electron chi connectivity index (χ3n) is 6.49. The lowest BCUT2D eigenvalue weighted by Crippen LogP contribution is -2.53. The summed E-state index contributed by atoms with van der Waals surface area (Å²) in [5.74, 6) is -0.00447. The van der Waals surface area contributed by atoms with E-state index in [0.29, 0.717) is 6.54 Å². The van der Waals surface area contributed by atoms with Crippen LogP contribution in [-0.2, 0) is 9.59 Å². The average molecular weight is 445 g/mol. The molecule has 33 heavy (non-hydrogen) atoms. The van der Waals surface area contributed by atoms with E-state index < -0.39 is 0 Å². The fourth-order valence-electron chi connectivity index (χ4n) is 4.44. The molecule has 3 aromatic rings. The molecule has 1 aliphatic rings. The molecule has 0 aliphatic carbocycles. The molecule has 0 aromatic heterocycles. The molecule has 0 bridgehead atoms. The van der Waals surface area contributed by atoms with E-state index in [0.717, 1.165) is 59.5 Å². The number of fused-ring (bicyclic) bond motifs is 1. The summed E-state index contributed by atoms with van der Waals surface area (Å²) in [6.45, 7) is 9.33. The topological polar surface area (TPSA) is 64.7 Å². The fourth-order valence-corrected chi connectivity index (χ4v) is 4.44. The summed E-state index contributed by atoms with van der Waals surface area (Å²) in [7, 11) is 0.